The molecule has 1 aromatic rings. The summed E-state index contributed by atoms with van der Waals surface area (Å²) in [6.07, 6.45) is 3.23. The highest BCUT2D eigenvalue weighted by atomic mass is 35.5. The maximum atomic E-state index is 11.8. The number of sulfonamides is 1. The molecule has 1 heterocycles. The van der Waals surface area contributed by atoms with Crippen LogP contribution < -0.4 is 4.72 Å². The van der Waals surface area contributed by atoms with Crippen molar-refractivity contribution in [1.29, 1.82) is 0 Å². The predicted octanol–water partition coefficient (Wildman–Crippen LogP) is 1.17. The van der Waals surface area contributed by atoms with Crippen LogP contribution in [0.4, 0.5) is 0 Å². The number of rotatable bonds is 6. The van der Waals surface area contributed by atoms with Gasteiger partial charge in [0, 0.05) is 18.9 Å². The smallest absolute Gasteiger partial charge is 0.243 e. The second-order valence-corrected chi connectivity index (χ2v) is 5.74. The van der Waals surface area contributed by atoms with Crippen LogP contribution in [0, 0.1) is 0 Å². The Morgan fingerprint density at radius 1 is 1.59 bits per heavy atom. The monoisotopic (exact) mass is 278 g/mol. The maximum Gasteiger partial charge on any atom is 0.243 e. The molecule has 0 aromatic carbocycles. The average Bonchev–Trinajstić information content (AvgIpc) is 2.27. The Morgan fingerprint density at radius 2 is 2.29 bits per heavy atom. The van der Waals surface area contributed by atoms with Gasteiger partial charge < -0.3 is 5.11 Å². The van der Waals surface area contributed by atoms with E-state index in [4.69, 9.17) is 11.6 Å². The van der Waals surface area contributed by atoms with Crippen LogP contribution in [0.15, 0.2) is 23.4 Å². The van der Waals surface area contributed by atoms with Crippen LogP contribution in [0.3, 0.4) is 0 Å². The van der Waals surface area contributed by atoms with Gasteiger partial charge in [0.15, 0.2) is 0 Å². The van der Waals surface area contributed by atoms with Gasteiger partial charge in [0.1, 0.15) is 4.90 Å². The molecule has 0 fully saturated rings. The summed E-state index contributed by atoms with van der Waals surface area (Å²) in [5.74, 6) is 0. The van der Waals surface area contributed by atoms with Gasteiger partial charge in [-0.15, -0.1) is 0 Å². The lowest BCUT2D eigenvalue weighted by Crippen LogP contribution is -2.32. The summed E-state index contributed by atoms with van der Waals surface area (Å²) in [6, 6.07) is 1.40. The number of hydrogen-bond donors (Lipinski definition) is 2. The zero-order chi connectivity index (χ0) is 12.9. The third-order valence-corrected chi connectivity index (χ3v) is 4.05. The first-order valence-corrected chi connectivity index (χ1v) is 7.10. The molecular weight excluding hydrogens is 264 g/mol. The van der Waals surface area contributed by atoms with Gasteiger partial charge in [-0.3, -0.25) is 4.98 Å². The van der Waals surface area contributed by atoms with Crippen molar-refractivity contribution >= 4 is 21.6 Å². The molecule has 7 heteroatoms. The Morgan fingerprint density at radius 3 is 2.88 bits per heavy atom. The van der Waals surface area contributed by atoms with E-state index in [2.05, 4.69) is 9.71 Å². The standard InChI is InChI=1S/C10H15ClN2O3S/c1-2-3-8(14)6-13-17(15,16)10-7-12-5-4-9(10)11/h4-5,7-8,13-14H,2-3,6H2,1H3. The van der Waals surface area contributed by atoms with Crippen molar-refractivity contribution < 1.29 is 13.5 Å². The highest BCUT2D eigenvalue weighted by molar-refractivity contribution is 7.89. The van der Waals surface area contributed by atoms with Crippen LogP contribution in [0.5, 0.6) is 0 Å². The number of aliphatic hydroxyl groups is 1. The molecule has 1 aromatic heterocycles. The van der Waals surface area contributed by atoms with Gasteiger partial charge in [-0.05, 0) is 12.5 Å². The van der Waals surface area contributed by atoms with E-state index in [9.17, 15) is 13.5 Å². The Hall–Kier alpha value is -0.690. The number of aliphatic hydroxyl groups excluding tert-OH is 1. The summed E-state index contributed by atoms with van der Waals surface area (Å²) in [5, 5.41) is 9.56. The minimum Gasteiger partial charge on any atom is -0.392 e. The Bertz CT molecular complexity index is 464. The van der Waals surface area contributed by atoms with E-state index in [0.29, 0.717) is 6.42 Å². The summed E-state index contributed by atoms with van der Waals surface area (Å²) in [5.41, 5.74) is 0. The number of pyridine rings is 1. The lowest BCUT2D eigenvalue weighted by atomic mass is 10.2. The number of nitrogens with one attached hydrogen (secondary N) is 1. The van der Waals surface area contributed by atoms with Gasteiger partial charge in [0.2, 0.25) is 10.0 Å². The molecular formula is C10H15ClN2O3S. The second kappa shape index (κ2) is 6.30. The third-order valence-electron chi connectivity index (χ3n) is 2.15. The second-order valence-electron chi connectivity index (χ2n) is 3.60. The molecule has 0 saturated heterocycles. The van der Waals surface area contributed by atoms with Crippen LogP contribution in [-0.2, 0) is 10.0 Å². The molecule has 0 radical (unpaired) electrons. The highest BCUT2D eigenvalue weighted by Crippen LogP contribution is 2.18. The topological polar surface area (TPSA) is 79.3 Å². The molecule has 0 saturated carbocycles. The highest BCUT2D eigenvalue weighted by Gasteiger charge is 2.18. The van der Waals surface area contributed by atoms with Crippen molar-refractivity contribution in [2.75, 3.05) is 6.54 Å². The van der Waals surface area contributed by atoms with Crippen LogP contribution in [-0.4, -0.2) is 31.2 Å². The van der Waals surface area contributed by atoms with Gasteiger partial charge in [0.05, 0.1) is 11.1 Å². The van der Waals surface area contributed by atoms with E-state index in [1.54, 1.807) is 0 Å². The number of aromatic nitrogens is 1. The Labute approximate surface area is 106 Å². The van der Waals surface area contributed by atoms with Crippen molar-refractivity contribution in [2.45, 2.75) is 30.8 Å². The lowest BCUT2D eigenvalue weighted by Gasteiger charge is -2.11. The van der Waals surface area contributed by atoms with Crippen molar-refractivity contribution in [3.05, 3.63) is 23.5 Å². The zero-order valence-electron chi connectivity index (χ0n) is 9.43. The first-order valence-electron chi connectivity index (χ1n) is 5.24. The Balaban J connectivity index is 2.73. The van der Waals surface area contributed by atoms with Gasteiger partial charge in [-0.2, -0.15) is 0 Å². The van der Waals surface area contributed by atoms with E-state index in [-0.39, 0.29) is 16.5 Å². The molecule has 1 unspecified atom stereocenters. The average molecular weight is 279 g/mol. The normalized spacial score (nSPS) is 13.6. The fraction of sp³-hybridized carbons (Fsp3) is 0.500. The van der Waals surface area contributed by atoms with E-state index >= 15 is 0 Å². The largest absolute Gasteiger partial charge is 0.392 e. The number of halogens is 1. The molecule has 0 aliphatic heterocycles. The fourth-order valence-corrected chi connectivity index (χ4v) is 2.78. The summed E-state index contributed by atoms with van der Waals surface area (Å²) < 4.78 is 25.9. The third kappa shape index (κ3) is 4.23. The first-order chi connectivity index (χ1) is 7.97. The maximum absolute atomic E-state index is 11.8. The minimum absolute atomic E-state index is 0.0264. The molecule has 1 atom stereocenters. The molecule has 96 valence electrons. The van der Waals surface area contributed by atoms with Crippen LogP contribution in [0.2, 0.25) is 5.02 Å². The minimum atomic E-state index is -3.71. The number of hydrogen-bond acceptors (Lipinski definition) is 4. The van der Waals surface area contributed by atoms with E-state index in [0.717, 1.165) is 6.42 Å². The summed E-state index contributed by atoms with van der Waals surface area (Å²) >= 11 is 5.76. The molecule has 1 rings (SSSR count). The lowest BCUT2D eigenvalue weighted by molar-refractivity contribution is 0.167. The quantitative estimate of drug-likeness (QED) is 0.819. The van der Waals surface area contributed by atoms with Gasteiger partial charge in [-0.25, -0.2) is 13.1 Å². The van der Waals surface area contributed by atoms with E-state index in [1.165, 1.54) is 18.5 Å². The number of nitrogens with zero attached hydrogens (tertiary/aromatic N) is 1. The van der Waals surface area contributed by atoms with Crippen LogP contribution in [0.1, 0.15) is 19.8 Å². The molecule has 0 aliphatic carbocycles. The van der Waals surface area contributed by atoms with Crippen LogP contribution >= 0.6 is 11.6 Å². The SMILES string of the molecule is CCCC(O)CNS(=O)(=O)c1cnccc1Cl. The molecule has 0 aliphatic rings. The van der Waals surface area contributed by atoms with E-state index < -0.39 is 16.1 Å². The summed E-state index contributed by atoms with van der Waals surface area (Å²) in [4.78, 5) is 3.63. The summed E-state index contributed by atoms with van der Waals surface area (Å²) in [7, 11) is -3.71. The molecule has 5 nitrogen and oxygen atoms in total. The van der Waals surface area contributed by atoms with Crippen molar-refractivity contribution in [3.8, 4) is 0 Å². The van der Waals surface area contributed by atoms with E-state index in [1.807, 2.05) is 6.92 Å². The van der Waals surface area contributed by atoms with Crippen molar-refractivity contribution in [3.63, 3.8) is 0 Å². The van der Waals surface area contributed by atoms with Gasteiger partial charge in [-0.1, -0.05) is 24.9 Å². The van der Waals surface area contributed by atoms with Crippen molar-refractivity contribution in [2.24, 2.45) is 0 Å². The van der Waals surface area contributed by atoms with Crippen LogP contribution in [0.25, 0.3) is 0 Å². The first kappa shape index (κ1) is 14.4. The summed E-state index contributed by atoms with van der Waals surface area (Å²) in [6.45, 7) is 1.89. The predicted molar refractivity (Wildman–Crippen MR) is 65.4 cm³/mol. The molecule has 0 bridgehead atoms. The molecule has 17 heavy (non-hydrogen) atoms. The Kier molecular flexibility index (Phi) is 5.32. The molecule has 2 N–H and O–H groups in total. The zero-order valence-corrected chi connectivity index (χ0v) is 11.0. The molecule has 0 amide bonds. The van der Waals surface area contributed by atoms with Gasteiger partial charge >= 0.3 is 0 Å². The fourth-order valence-electron chi connectivity index (χ4n) is 1.28. The van der Waals surface area contributed by atoms with Gasteiger partial charge in [0.25, 0.3) is 0 Å². The molecule has 0 spiro atoms. The van der Waals surface area contributed by atoms with Crippen molar-refractivity contribution in [1.82, 2.24) is 9.71 Å².